The molecule has 1 aromatic rings. The van der Waals surface area contributed by atoms with Gasteiger partial charge in [0, 0.05) is 6.07 Å². The third-order valence-corrected chi connectivity index (χ3v) is 2.43. The van der Waals surface area contributed by atoms with Crippen LogP contribution in [0.5, 0.6) is 5.75 Å². The molecule has 0 aliphatic rings. The van der Waals surface area contributed by atoms with Crippen molar-refractivity contribution in [3.8, 4) is 5.75 Å². The molecule has 0 bridgehead atoms. The van der Waals surface area contributed by atoms with Crippen LogP contribution in [0.25, 0.3) is 0 Å². The van der Waals surface area contributed by atoms with E-state index >= 15 is 0 Å². The van der Waals surface area contributed by atoms with Gasteiger partial charge in [0.15, 0.2) is 11.6 Å². The molecule has 9 nitrogen and oxygen atoms in total. The third kappa shape index (κ3) is 3.20. The lowest BCUT2D eigenvalue weighted by Crippen LogP contribution is -2.43. The summed E-state index contributed by atoms with van der Waals surface area (Å²) in [6.45, 7) is -0.843. The first-order valence-corrected chi connectivity index (χ1v) is 5.38. The highest BCUT2D eigenvalue weighted by Crippen LogP contribution is 2.27. The van der Waals surface area contributed by atoms with Crippen molar-refractivity contribution in [3.63, 3.8) is 0 Å². The van der Waals surface area contributed by atoms with Gasteiger partial charge in [-0.1, -0.05) is 6.07 Å². The summed E-state index contributed by atoms with van der Waals surface area (Å²) in [6.07, 6.45) is 0. The molecule has 0 aromatic heterocycles. The molecule has 0 saturated heterocycles. The van der Waals surface area contributed by atoms with E-state index in [2.05, 4.69) is 0 Å². The first-order valence-electron chi connectivity index (χ1n) is 5.38. The predicted molar refractivity (Wildman–Crippen MR) is 65.6 cm³/mol. The van der Waals surface area contributed by atoms with Gasteiger partial charge < -0.3 is 20.3 Å². The van der Waals surface area contributed by atoms with Crippen LogP contribution in [0, 0.1) is 10.1 Å². The normalized spacial score (nSPS) is 11.5. The first kappa shape index (κ1) is 15.4. The Morgan fingerprint density at radius 1 is 1.50 bits per heavy atom. The number of nitrogens with one attached hydrogen (secondary N) is 1. The number of nitro benzene ring substituents is 1. The van der Waals surface area contributed by atoms with Crippen molar-refractivity contribution >= 4 is 17.6 Å². The van der Waals surface area contributed by atoms with Crippen LogP contribution in [0.1, 0.15) is 10.4 Å². The van der Waals surface area contributed by atoms with Crippen LogP contribution in [-0.4, -0.2) is 46.8 Å². The fraction of sp³-hybridized carbons (Fsp3) is 0.273. The van der Waals surface area contributed by atoms with Crippen molar-refractivity contribution < 1.29 is 29.5 Å². The summed E-state index contributed by atoms with van der Waals surface area (Å²) in [7, 11) is 1.22. The number of carboxylic acid groups (broad SMARTS) is 1. The highest BCUT2D eigenvalue weighted by molar-refractivity contribution is 6.02. The highest BCUT2D eigenvalue weighted by atomic mass is 16.6. The van der Waals surface area contributed by atoms with Crippen LogP contribution >= 0.6 is 0 Å². The van der Waals surface area contributed by atoms with E-state index in [9.17, 15) is 19.7 Å². The van der Waals surface area contributed by atoms with Crippen molar-refractivity contribution in [1.82, 2.24) is 5.32 Å². The van der Waals surface area contributed by atoms with E-state index in [0.29, 0.717) is 0 Å². The van der Waals surface area contributed by atoms with E-state index in [1.165, 1.54) is 19.2 Å². The van der Waals surface area contributed by atoms with Crippen LogP contribution in [0.4, 0.5) is 5.69 Å². The van der Waals surface area contributed by atoms with Gasteiger partial charge in [0.05, 0.1) is 18.6 Å². The fourth-order valence-corrected chi connectivity index (χ4v) is 1.49. The second kappa shape index (κ2) is 6.48. The Balaban J connectivity index is 3.20. The number of amides is 1. The molecule has 9 heteroatoms. The molecule has 108 valence electrons. The Morgan fingerprint density at radius 3 is 2.60 bits per heavy atom. The maximum atomic E-state index is 12.0. The second-order valence-electron chi connectivity index (χ2n) is 3.66. The average molecular weight is 284 g/mol. The van der Waals surface area contributed by atoms with Gasteiger partial charge in [0.25, 0.3) is 11.6 Å². The van der Waals surface area contributed by atoms with Crippen LogP contribution in [0.2, 0.25) is 0 Å². The number of carboxylic acids is 1. The molecule has 0 aliphatic carbocycles. The molecule has 0 spiro atoms. The van der Waals surface area contributed by atoms with E-state index in [0.717, 1.165) is 6.07 Å². The number of nitro groups is 1. The van der Waals surface area contributed by atoms with Crippen LogP contribution in [0.3, 0.4) is 0 Å². The Morgan fingerprint density at radius 2 is 2.15 bits per heavy atom. The second-order valence-corrected chi connectivity index (χ2v) is 3.66. The van der Waals surface area contributed by atoms with Crippen LogP contribution < -0.4 is 10.1 Å². The van der Waals surface area contributed by atoms with E-state index < -0.39 is 40.7 Å². The molecule has 0 saturated carbocycles. The Kier molecular flexibility index (Phi) is 4.98. The summed E-state index contributed by atoms with van der Waals surface area (Å²) in [4.78, 5) is 32.8. The summed E-state index contributed by atoms with van der Waals surface area (Å²) in [5, 5.41) is 30.4. The summed E-state index contributed by atoms with van der Waals surface area (Å²) < 4.78 is 4.86. The quantitative estimate of drug-likeness (QED) is 0.484. The van der Waals surface area contributed by atoms with Gasteiger partial charge in [-0.2, -0.15) is 0 Å². The Labute approximate surface area is 112 Å². The largest absolute Gasteiger partial charge is 0.496 e. The number of aliphatic hydroxyl groups excluding tert-OH is 1. The lowest BCUT2D eigenvalue weighted by Gasteiger charge is -2.13. The number of nitrogens with zero attached hydrogens (tertiary/aromatic N) is 1. The first-order chi connectivity index (χ1) is 9.42. The number of aliphatic hydroxyl groups is 1. The summed E-state index contributed by atoms with van der Waals surface area (Å²) >= 11 is 0. The van der Waals surface area contributed by atoms with Crippen molar-refractivity contribution in [1.29, 1.82) is 0 Å². The number of carbonyl (C=O) groups excluding carboxylic acids is 1. The number of benzene rings is 1. The number of ether oxygens (including phenoxy) is 1. The number of rotatable bonds is 6. The molecule has 1 unspecified atom stereocenters. The fourth-order valence-electron chi connectivity index (χ4n) is 1.49. The van der Waals surface area contributed by atoms with Gasteiger partial charge in [0.1, 0.15) is 5.75 Å². The molecule has 0 fully saturated rings. The predicted octanol–water partition coefficient (Wildman–Crippen LogP) is -0.221. The maximum Gasteiger partial charge on any atom is 0.328 e. The van der Waals surface area contributed by atoms with E-state index in [4.69, 9.17) is 14.9 Å². The number of hydrogen-bond acceptors (Lipinski definition) is 6. The number of hydrogen-bond donors (Lipinski definition) is 3. The zero-order valence-corrected chi connectivity index (χ0v) is 10.4. The lowest BCUT2D eigenvalue weighted by atomic mass is 10.1. The minimum Gasteiger partial charge on any atom is -0.496 e. The highest BCUT2D eigenvalue weighted by Gasteiger charge is 2.28. The molecular weight excluding hydrogens is 272 g/mol. The lowest BCUT2D eigenvalue weighted by molar-refractivity contribution is -0.385. The SMILES string of the molecule is COc1cccc([N+](=O)[O-])c1C(=O)NC(CO)C(=O)O. The van der Waals surface area contributed by atoms with Gasteiger partial charge in [-0.05, 0) is 6.07 Å². The summed E-state index contributed by atoms with van der Waals surface area (Å²) in [6, 6.07) is 2.18. The molecule has 1 aromatic carbocycles. The molecule has 0 radical (unpaired) electrons. The third-order valence-electron chi connectivity index (χ3n) is 2.43. The average Bonchev–Trinajstić information content (AvgIpc) is 2.42. The van der Waals surface area contributed by atoms with Crippen LogP contribution in [0.15, 0.2) is 18.2 Å². The standard InChI is InChI=1S/C11H12N2O7/c1-20-8-4-2-3-7(13(18)19)9(8)10(15)12-6(5-14)11(16)17/h2-4,6,14H,5H2,1H3,(H,12,15)(H,16,17). The zero-order valence-electron chi connectivity index (χ0n) is 10.4. The summed E-state index contributed by atoms with van der Waals surface area (Å²) in [5.74, 6) is -2.55. The molecule has 20 heavy (non-hydrogen) atoms. The minimum atomic E-state index is -1.56. The maximum absolute atomic E-state index is 12.0. The monoisotopic (exact) mass is 284 g/mol. The minimum absolute atomic E-state index is 0.0706. The van der Waals surface area contributed by atoms with E-state index in [1.54, 1.807) is 0 Å². The van der Waals surface area contributed by atoms with Crippen molar-refractivity contribution in [3.05, 3.63) is 33.9 Å². The van der Waals surface area contributed by atoms with Crippen molar-refractivity contribution in [2.75, 3.05) is 13.7 Å². The molecule has 1 atom stereocenters. The zero-order chi connectivity index (χ0) is 15.3. The molecule has 1 amide bonds. The van der Waals surface area contributed by atoms with Crippen LogP contribution in [-0.2, 0) is 4.79 Å². The number of methoxy groups -OCH3 is 1. The topological polar surface area (TPSA) is 139 Å². The molecule has 0 heterocycles. The van der Waals surface area contributed by atoms with Gasteiger partial charge >= 0.3 is 5.97 Å². The van der Waals surface area contributed by atoms with Gasteiger partial charge in [0.2, 0.25) is 0 Å². The summed E-state index contributed by atoms with van der Waals surface area (Å²) in [5.41, 5.74) is -0.927. The Hall–Kier alpha value is -2.68. The smallest absolute Gasteiger partial charge is 0.328 e. The van der Waals surface area contributed by atoms with Crippen molar-refractivity contribution in [2.24, 2.45) is 0 Å². The van der Waals surface area contributed by atoms with Gasteiger partial charge in [-0.15, -0.1) is 0 Å². The van der Waals surface area contributed by atoms with Crippen molar-refractivity contribution in [2.45, 2.75) is 6.04 Å². The molecule has 3 N–H and O–H groups in total. The van der Waals surface area contributed by atoms with E-state index in [1.807, 2.05) is 5.32 Å². The number of carbonyl (C=O) groups is 2. The Bertz CT molecular complexity index is 544. The van der Waals surface area contributed by atoms with Gasteiger partial charge in [-0.3, -0.25) is 14.9 Å². The van der Waals surface area contributed by atoms with E-state index in [-0.39, 0.29) is 5.75 Å². The molecular formula is C11H12N2O7. The number of aliphatic carboxylic acids is 1. The van der Waals surface area contributed by atoms with Gasteiger partial charge in [-0.25, -0.2) is 4.79 Å². The molecule has 1 rings (SSSR count). The molecule has 0 aliphatic heterocycles.